The molecule has 4 rings (SSSR count). The van der Waals surface area contributed by atoms with Crippen LogP contribution >= 0.6 is 11.6 Å². The molecule has 0 aliphatic rings. The first-order valence-electron chi connectivity index (χ1n) is 8.12. The monoisotopic (exact) mass is 352 g/mol. The van der Waals surface area contributed by atoms with E-state index in [2.05, 4.69) is 36.4 Å². The molecule has 0 spiro atoms. The van der Waals surface area contributed by atoms with Crippen LogP contribution in [-0.4, -0.2) is 29.5 Å². The molecule has 0 amide bonds. The lowest BCUT2D eigenvalue weighted by Crippen LogP contribution is -2.11. The van der Waals surface area contributed by atoms with Crippen molar-refractivity contribution in [3.63, 3.8) is 0 Å². The van der Waals surface area contributed by atoms with Gasteiger partial charge in [-0.05, 0) is 36.1 Å². The molecule has 25 heavy (non-hydrogen) atoms. The van der Waals surface area contributed by atoms with E-state index < -0.39 is 0 Å². The lowest BCUT2D eigenvalue weighted by Gasteiger charge is -2.15. The van der Waals surface area contributed by atoms with Gasteiger partial charge in [0.25, 0.3) is 0 Å². The molecule has 4 aromatic rings. The SMILES string of the molecule is CC(Cc1ccnc2nc[nH]c12)Cn1ccnc1-c1cccc(Cl)n1. The Morgan fingerprint density at radius 2 is 2.08 bits per heavy atom. The summed E-state index contributed by atoms with van der Waals surface area (Å²) in [7, 11) is 0. The van der Waals surface area contributed by atoms with Gasteiger partial charge < -0.3 is 9.55 Å². The molecule has 1 N–H and O–H groups in total. The average molecular weight is 353 g/mol. The number of aromatic amines is 1. The smallest absolute Gasteiger partial charge is 0.177 e. The Balaban J connectivity index is 1.55. The molecule has 0 radical (unpaired) electrons. The number of halogens is 1. The van der Waals surface area contributed by atoms with Crippen LogP contribution in [0.2, 0.25) is 5.15 Å². The fourth-order valence-electron chi connectivity index (χ4n) is 3.07. The van der Waals surface area contributed by atoms with Crippen LogP contribution in [0.5, 0.6) is 0 Å². The topological polar surface area (TPSA) is 72.3 Å². The van der Waals surface area contributed by atoms with Gasteiger partial charge in [0.2, 0.25) is 0 Å². The quantitative estimate of drug-likeness (QED) is 0.555. The highest BCUT2D eigenvalue weighted by Gasteiger charge is 2.13. The van der Waals surface area contributed by atoms with E-state index in [0.717, 1.165) is 35.6 Å². The van der Waals surface area contributed by atoms with Gasteiger partial charge in [-0.25, -0.2) is 19.9 Å². The number of imidazole rings is 2. The van der Waals surface area contributed by atoms with Gasteiger partial charge in [-0.3, -0.25) is 0 Å². The van der Waals surface area contributed by atoms with Crippen molar-refractivity contribution in [2.75, 3.05) is 0 Å². The number of aromatic nitrogens is 6. The number of pyridine rings is 2. The van der Waals surface area contributed by atoms with Gasteiger partial charge in [0.1, 0.15) is 10.8 Å². The summed E-state index contributed by atoms with van der Waals surface area (Å²) in [6.45, 7) is 3.05. The normalized spacial score (nSPS) is 12.6. The van der Waals surface area contributed by atoms with E-state index in [1.54, 1.807) is 18.6 Å². The molecule has 0 saturated heterocycles. The third-order valence-electron chi connectivity index (χ3n) is 4.15. The van der Waals surface area contributed by atoms with Gasteiger partial charge in [-0.15, -0.1) is 0 Å². The maximum absolute atomic E-state index is 6.01. The van der Waals surface area contributed by atoms with Crippen LogP contribution in [0.15, 0.2) is 49.2 Å². The molecule has 6 nitrogen and oxygen atoms in total. The van der Waals surface area contributed by atoms with E-state index in [0.29, 0.717) is 11.1 Å². The third kappa shape index (κ3) is 3.25. The Hall–Kier alpha value is -2.73. The summed E-state index contributed by atoms with van der Waals surface area (Å²) in [6.07, 6.45) is 8.19. The van der Waals surface area contributed by atoms with Gasteiger partial charge in [0, 0.05) is 25.1 Å². The van der Waals surface area contributed by atoms with E-state index in [1.165, 1.54) is 5.56 Å². The predicted octanol–water partition coefficient (Wildman–Crippen LogP) is 3.75. The van der Waals surface area contributed by atoms with Crippen LogP contribution in [0.3, 0.4) is 0 Å². The fourth-order valence-corrected chi connectivity index (χ4v) is 3.23. The molecule has 1 atom stereocenters. The second-order valence-corrected chi connectivity index (χ2v) is 6.52. The highest BCUT2D eigenvalue weighted by Crippen LogP contribution is 2.21. The molecule has 7 heteroatoms. The van der Waals surface area contributed by atoms with Crippen molar-refractivity contribution >= 4 is 22.8 Å². The van der Waals surface area contributed by atoms with E-state index >= 15 is 0 Å². The zero-order chi connectivity index (χ0) is 17.2. The lowest BCUT2D eigenvalue weighted by molar-refractivity contribution is 0.483. The molecule has 4 aromatic heterocycles. The molecular formula is C18H17ClN6. The molecule has 0 fully saturated rings. The summed E-state index contributed by atoms with van der Waals surface area (Å²) in [5.41, 5.74) is 3.77. The standard InChI is InChI=1S/C18H17ClN6/c1-12(9-13-5-6-20-17-16(13)22-11-23-17)10-25-8-7-21-18(25)14-3-2-4-15(19)24-14/h2-8,11-12H,9-10H2,1H3,(H,20,22,23). The third-order valence-corrected chi connectivity index (χ3v) is 4.36. The second-order valence-electron chi connectivity index (χ2n) is 6.13. The van der Waals surface area contributed by atoms with Crippen LogP contribution in [0.4, 0.5) is 0 Å². The second kappa shape index (κ2) is 6.64. The fraction of sp³-hybridized carbons (Fsp3) is 0.222. The number of rotatable bonds is 5. The zero-order valence-electron chi connectivity index (χ0n) is 13.7. The molecule has 0 aromatic carbocycles. The first kappa shape index (κ1) is 15.8. The maximum Gasteiger partial charge on any atom is 0.177 e. The van der Waals surface area contributed by atoms with Crippen molar-refractivity contribution in [1.82, 2.24) is 29.5 Å². The van der Waals surface area contributed by atoms with E-state index in [1.807, 2.05) is 30.6 Å². The zero-order valence-corrected chi connectivity index (χ0v) is 14.5. The number of hydrogen-bond acceptors (Lipinski definition) is 4. The molecule has 1 unspecified atom stereocenters. The molecule has 4 heterocycles. The number of H-pyrrole nitrogens is 1. The Bertz CT molecular complexity index is 1010. The molecule has 126 valence electrons. The molecule has 0 bridgehead atoms. The number of nitrogens with one attached hydrogen (secondary N) is 1. The summed E-state index contributed by atoms with van der Waals surface area (Å²) in [4.78, 5) is 20.5. The largest absolute Gasteiger partial charge is 0.343 e. The van der Waals surface area contributed by atoms with Gasteiger partial charge in [0.05, 0.1) is 11.8 Å². The van der Waals surface area contributed by atoms with Crippen LogP contribution in [0.1, 0.15) is 12.5 Å². The highest BCUT2D eigenvalue weighted by atomic mass is 35.5. The summed E-state index contributed by atoms with van der Waals surface area (Å²) in [5, 5.41) is 0.471. The van der Waals surface area contributed by atoms with Crippen LogP contribution in [0, 0.1) is 5.92 Å². The minimum atomic E-state index is 0.404. The van der Waals surface area contributed by atoms with E-state index in [9.17, 15) is 0 Å². The Kier molecular flexibility index (Phi) is 4.19. The summed E-state index contributed by atoms with van der Waals surface area (Å²) < 4.78 is 2.12. The minimum Gasteiger partial charge on any atom is -0.343 e. The highest BCUT2D eigenvalue weighted by molar-refractivity contribution is 6.29. The molecule has 0 aliphatic carbocycles. The van der Waals surface area contributed by atoms with Crippen LogP contribution in [-0.2, 0) is 13.0 Å². The minimum absolute atomic E-state index is 0.404. The van der Waals surface area contributed by atoms with E-state index in [-0.39, 0.29) is 0 Å². The van der Waals surface area contributed by atoms with Gasteiger partial charge >= 0.3 is 0 Å². The van der Waals surface area contributed by atoms with E-state index in [4.69, 9.17) is 11.6 Å². The predicted molar refractivity (Wildman–Crippen MR) is 97.2 cm³/mol. The molecule has 0 aliphatic heterocycles. The van der Waals surface area contributed by atoms with Crippen LogP contribution < -0.4 is 0 Å². The molecule has 0 saturated carbocycles. The Morgan fingerprint density at radius 3 is 2.96 bits per heavy atom. The number of fused-ring (bicyclic) bond motifs is 1. The van der Waals surface area contributed by atoms with Crippen molar-refractivity contribution in [3.05, 3.63) is 59.9 Å². The van der Waals surface area contributed by atoms with Crippen molar-refractivity contribution in [2.45, 2.75) is 19.9 Å². The van der Waals surface area contributed by atoms with Crippen molar-refractivity contribution < 1.29 is 0 Å². The average Bonchev–Trinajstić information content (AvgIpc) is 3.24. The Morgan fingerprint density at radius 1 is 1.16 bits per heavy atom. The number of nitrogens with zero attached hydrogens (tertiary/aromatic N) is 5. The summed E-state index contributed by atoms with van der Waals surface area (Å²) in [5.74, 6) is 1.23. The number of hydrogen-bond donors (Lipinski definition) is 1. The van der Waals surface area contributed by atoms with Crippen molar-refractivity contribution in [1.29, 1.82) is 0 Å². The maximum atomic E-state index is 6.01. The van der Waals surface area contributed by atoms with Gasteiger partial charge in [-0.1, -0.05) is 24.6 Å². The lowest BCUT2D eigenvalue weighted by atomic mass is 10.0. The summed E-state index contributed by atoms with van der Waals surface area (Å²) in [6, 6.07) is 7.62. The van der Waals surface area contributed by atoms with Crippen molar-refractivity contribution in [3.8, 4) is 11.5 Å². The molecular weight excluding hydrogens is 336 g/mol. The first-order valence-corrected chi connectivity index (χ1v) is 8.49. The Labute approximate surface area is 149 Å². The summed E-state index contributed by atoms with van der Waals surface area (Å²) >= 11 is 6.01. The van der Waals surface area contributed by atoms with Gasteiger partial charge in [-0.2, -0.15) is 0 Å². The van der Waals surface area contributed by atoms with Crippen molar-refractivity contribution in [2.24, 2.45) is 5.92 Å². The first-order chi connectivity index (χ1) is 12.2. The van der Waals surface area contributed by atoms with Crippen LogP contribution in [0.25, 0.3) is 22.7 Å². The van der Waals surface area contributed by atoms with Gasteiger partial charge in [0.15, 0.2) is 11.5 Å².